The predicted octanol–water partition coefficient (Wildman–Crippen LogP) is 3.71. The molecule has 3 N–H and O–H groups in total. The number of rotatable bonds is 9. The van der Waals surface area contributed by atoms with E-state index in [4.69, 9.17) is 10.3 Å². The maximum absolute atomic E-state index is 5.64. The third kappa shape index (κ3) is 4.52. The lowest BCUT2D eigenvalue weighted by molar-refractivity contribution is 0.456. The van der Waals surface area contributed by atoms with Crippen molar-refractivity contribution in [2.24, 2.45) is 5.84 Å². The van der Waals surface area contributed by atoms with Gasteiger partial charge in [0.15, 0.2) is 0 Å². The van der Waals surface area contributed by atoms with Gasteiger partial charge in [-0.15, -0.1) is 0 Å². The summed E-state index contributed by atoms with van der Waals surface area (Å²) in [7, 11) is 0. The van der Waals surface area contributed by atoms with Crippen molar-refractivity contribution in [2.45, 2.75) is 64.8 Å². The molecule has 0 saturated heterocycles. The van der Waals surface area contributed by atoms with Crippen LogP contribution < -0.4 is 11.3 Å². The Kier molecular flexibility index (Phi) is 6.97. The summed E-state index contributed by atoms with van der Waals surface area (Å²) in [6.45, 7) is 4.35. The van der Waals surface area contributed by atoms with Crippen molar-refractivity contribution in [3.63, 3.8) is 0 Å². The standard InChI is InChI=1S/C14H26N2O/c1-3-5-6-7-8-9-13(16-15)12-10-11-17-14(12)4-2/h10-11,13,16H,3-9,15H2,1-2H3. The van der Waals surface area contributed by atoms with Gasteiger partial charge in [-0.2, -0.15) is 0 Å². The fraction of sp³-hybridized carbons (Fsp3) is 0.714. The Balaban J connectivity index is 2.38. The minimum absolute atomic E-state index is 0.241. The molecular weight excluding hydrogens is 212 g/mol. The van der Waals surface area contributed by atoms with Gasteiger partial charge in [0.25, 0.3) is 0 Å². The zero-order chi connectivity index (χ0) is 12.5. The molecule has 0 fully saturated rings. The molecule has 1 atom stereocenters. The number of unbranched alkanes of at least 4 members (excludes halogenated alkanes) is 4. The summed E-state index contributed by atoms with van der Waals surface area (Å²) >= 11 is 0. The van der Waals surface area contributed by atoms with Crippen molar-refractivity contribution in [3.05, 3.63) is 23.7 Å². The van der Waals surface area contributed by atoms with Crippen LogP contribution in [0.5, 0.6) is 0 Å². The Morgan fingerprint density at radius 1 is 1.24 bits per heavy atom. The van der Waals surface area contributed by atoms with Gasteiger partial charge < -0.3 is 4.42 Å². The summed E-state index contributed by atoms with van der Waals surface area (Å²) in [5.74, 6) is 6.69. The molecule has 0 spiro atoms. The number of furan rings is 1. The molecule has 0 aliphatic carbocycles. The van der Waals surface area contributed by atoms with E-state index < -0.39 is 0 Å². The molecular formula is C14H26N2O. The van der Waals surface area contributed by atoms with Crippen LogP contribution in [0.2, 0.25) is 0 Å². The molecule has 0 saturated carbocycles. The first-order valence-electron chi connectivity index (χ1n) is 6.85. The lowest BCUT2D eigenvalue weighted by Crippen LogP contribution is -2.28. The number of hydrazine groups is 1. The number of hydrogen-bond acceptors (Lipinski definition) is 3. The molecule has 0 radical (unpaired) electrons. The summed E-state index contributed by atoms with van der Waals surface area (Å²) < 4.78 is 5.45. The van der Waals surface area contributed by atoms with E-state index in [1.54, 1.807) is 6.26 Å². The van der Waals surface area contributed by atoms with E-state index in [2.05, 4.69) is 19.3 Å². The highest BCUT2D eigenvalue weighted by Gasteiger charge is 2.14. The summed E-state index contributed by atoms with van der Waals surface area (Å²) in [6.07, 6.45) is 10.3. The normalized spacial score (nSPS) is 12.9. The molecule has 3 heteroatoms. The van der Waals surface area contributed by atoms with Crippen LogP contribution in [0.25, 0.3) is 0 Å². The van der Waals surface area contributed by atoms with Crippen LogP contribution in [-0.4, -0.2) is 0 Å². The van der Waals surface area contributed by atoms with E-state index in [0.717, 1.165) is 18.6 Å². The molecule has 0 aromatic carbocycles. The van der Waals surface area contributed by atoms with Crippen LogP contribution in [0.4, 0.5) is 0 Å². The van der Waals surface area contributed by atoms with Crippen molar-refractivity contribution in [1.29, 1.82) is 0 Å². The van der Waals surface area contributed by atoms with E-state index in [0.29, 0.717) is 0 Å². The number of nitrogens with one attached hydrogen (secondary N) is 1. The Hall–Kier alpha value is -0.800. The molecule has 0 aliphatic heterocycles. The summed E-state index contributed by atoms with van der Waals surface area (Å²) in [5, 5.41) is 0. The zero-order valence-electron chi connectivity index (χ0n) is 11.2. The number of aryl methyl sites for hydroxylation is 1. The molecule has 0 bridgehead atoms. The summed E-state index contributed by atoms with van der Waals surface area (Å²) in [6, 6.07) is 2.28. The largest absolute Gasteiger partial charge is 0.469 e. The number of nitrogens with two attached hydrogens (primary N) is 1. The Labute approximate surface area is 105 Å². The van der Waals surface area contributed by atoms with E-state index in [1.165, 1.54) is 37.7 Å². The zero-order valence-corrected chi connectivity index (χ0v) is 11.2. The average molecular weight is 238 g/mol. The van der Waals surface area contributed by atoms with Crippen LogP contribution in [0.3, 0.4) is 0 Å². The van der Waals surface area contributed by atoms with Crippen LogP contribution in [-0.2, 0) is 6.42 Å². The highest BCUT2D eigenvalue weighted by atomic mass is 16.3. The van der Waals surface area contributed by atoms with Gasteiger partial charge in [-0.05, 0) is 12.5 Å². The van der Waals surface area contributed by atoms with Crippen molar-refractivity contribution in [1.82, 2.24) is 5.43 Å². The van der Waals surface area contributed by atoms with Crippen molar-refractivity contribution in [3.8, 4) is 0 Å². The first-order chi connectivity index (χ1) is 8.33. The lowest BCUT2D eigenvalue weighted by atomic mass is 10.00. The molecule has 1 rings (SSSR count). The second-order valence-corrected chi connectivity index (χ2v) is 4.57. The number of hydrogen-bond donors (Lipinski definition) is 2. The smallest absolute Gasteiger partial charge is 0.108 e. The molecule has 98 valence electrons. The van der Waals surface area contributed by atoms with E-state index in [-0.39, 0.29) is 6.04 Å². The maximum Gasteiger partial charge on any atom is 0.108 e. The van der Waals surface area contributed by atoms with E-state index in [1.807, 2.05) is 6.07 Å². The van der Waals surface area contributed by atoms with Gasteiger partial charge in [0, 0.05) is 18.0 Å². The second kappa shape index (κ2) is 8.31. The quantitative estimate of drug-likeness (QED) is 0.392. The minimum atomic E-state index is 0.241. The Morgan fingerprint density at radius 3 is 2.65 bits per heavy atom. The molecule has 0 amide bonds. The molecule has 17 heavy (non-hydrogen) atoms. The molecule has 0 aliphatic rings. The Bertz CT molecular complexity index is 296. The van der Waals surface area contributed by atoms with Crippen LogP contribution in [0.15, 0.2) is 16.7 Å². The predicted molar refractivity (Wildman–Crippen MR) is 71.5 cm³/mol. The van der Waals surface area contributed by atoms with Gasteiger partial charge in [0.2, 0.25) is 0 Å². The third-order valence-electron chi connectivity index (χ3n) is 3.27. The van der Waals surface area contributed by atoms with Crippen LogP contribution >= 0.6 is 0 Å². The summed E-state index contributed by atoms with van der Waals surface area (Å²) in [5.41, 5.74) is 4.14. The van der Waals surface area contributed by atoms with Crippen molar-refractivity contribution in [2.75, 3.05) is 0 Å². The van der Waals surface area contributed by atoms with Gasteiger partial charge in [-0.25, -0.2) is 0 Å². The molecule has 1 aromatic rings. The highest BCUT2D eigenvalue weighted by molar-refractivity contribution is 5.21. The Morgan fingerprint density at radius 2 is 2.00 bits per heavy atom. The monoisotopic (exact) mass is 238 g/mol. The fourth-order valence-electron chi connectivity index (χ4n) is 2.23. The van der Waals surface area contributed by atoms with Crippen LogP contribution in [0, 0.1) is 0 Å². The first kappa shape index (κ1) is 14.3. The van der Waals surface area contributed by atoms with Gasteiger partial charge in [-0.3, -0.25) is 11.3 Å². The topological polar surface area (TPSA) is 51.2 Å². The van der Waals surface area contributed by atoms with Gasteiger partial charge in [0.1, 0.15) is 5.76 Å². The lowest BCUT2D eigenvalue weighted by Gasteiger charge is -2.15. The molecule has 1 unspecified atom stereocenters. The SMILES string of the molecule is CCCCCCCC(NN)c1ccoc1CC. The highest BCUT2D eigenvalue weighted by Crippen LogP contribution is 2.24. The van der Waals surface area contributed by atoms with Crippen LogP contribution in [0.1, 0.15) is 69.7 Å². The second-order valence-electron chi connectivity index (χ2n) is 4.57. The minimum Gasteiger partial charge on any atom is -0.469 e. The average Bonchev–Trinajstić information content (AvgIpc) is 2.82. The van der Waals surface area contributed by atoms with Gasteiger partial charge in [0.05, 0.1) is 6.26 Å². The molecule has 1 heterocycles. The van der Waals surface area contributed by atoms with Gasteiger partial charge in [-0.1, -0.05) is 46.0 Å². The third-order valence-corrected chi connectivity index (χ3v) is 3.27. The van der Waals surface area contributed by atoms with Crippen molar-refractivity contribution < 1.29 is 4.42 Å². The van der Waals surface area contributed by atoms with Crippen molar-refractivity contribution >= 4 is 0 Å². The summed E-state index contributed by atoms with van der Waals surface area (Å²) in [4.78, 5) is 0. The molecule has 1 aromatic heterocycles. The van der Waals surface area contributed by atoms with E-state index in [9.17, 15) is 0 Å². The molecule has 3 nitrogen and oxygen atoms in total. The van der Waals surface area contributed by atoms with Gasteiger partial charge >= 0.3 is 0 Å². The first-order valence-corrected chi connectivity index (χ1v) is 6.85. The fourth-order valence-corrected chi connectivity index (χ4v) is 2.23. The van der Waals surface area contributed by atoms with E-state index >= 15 is 0 Å². The maximum atomic E-state index is 5.64.